The summed E-state index contributed by atoms with van der Waals surface area (Å²) in [5.41, 5.74) is 0. The normalized spacial score (nSPS) is 21.7. The van der Waals surface area contributed by atoms with Gasteiger partial charge in [0, 0.05) is 38.5 Å². The molecule has 1 saturated heterocycles. The van der Waals surface area contributed by atoms with Gasteiger partial charge in [0.05, 0.1) is 12.8 Å². The number of likely N-dealkylation sites (tertiary alicyclic amines) is 1. The summed E-state index contributed by atoms with van der Waals surface area (Å²) < 4.78 is 5.27. The largest absolute Gasteiger partial charge is 0.467 e. The second kappa shape index (κ2) is 7.85. The Morgan fingerprint density at radius 1 is 1.45 bits per heavy atom. The molecule has 6 nitrogen and oxygen atoms in total. The molecule has 1 saturated carbocycles. The van der Waals surface area contributed by atoms with Crippen LogP contribution in [0.5, 0.6) is 0 Å². The number of nitrogens with one attached hydrogen (secondary N) is 2. The van der Waals surface area contributed by atoms with Gasteiger partial charge in [0.1, 0.15) is 5.76 Å². The van der Waals surface area contributed by atoms with Crippen LogP contribution in [0.3, 0.4) is 0 Å². The lowest BCUT2D eigenvalue weighted by molar-refractivity contribution is -0.128. The van der Waals surface area contributed by atoms with E-state index >= 15 is 0 Å². The van der Waals surface area contributed by atoms with Crippen LogP contribution in [0.15, 0.2) is 27.8 Å². The van der Waals surface area contributed by atoms with Crippen LogP contribution in [-0.2, 0) is 11.3 Å². The molecule has 0 aromatic carbocycles. The molecule has 0 bridgehead atoms. The SMILES string of the molecule is CN=C(NCc1ccco1)NCC1CC(=O)N(C2CC2)C1.I. The van der Waals surface area contributed by atoms with E-state index < -0.39 is 0 Å². The summed E-state index contributed by atoms with van der Waals surface area (Å²) in [6.07, 6.45) is 4.67. The van der Waals surface area contributed by atoms with Crippen LogP contribution >= 0.6 is 24.0 Å². The van der Waals surface area contributed by atoms with Crippen LogP contribution in [0.2, 0.25) is 0 Å². The Balaban J connectivity index is 0.00000176. The predicted molar refractivity (Wildman–Crippen MR) is 95.2 cm³/mol. The Morgan fingerprint density at radius 2 is 2.27 bits per heavy atom. The minimum absolute atomic E-state index is 0. The van der Waals surface area contributed by atoms with Gasteiger partial charge in [0.25, 0.3) is 0 Å². The number of hydrogen-bond acceptors (Lipinski definition) is 3. The minimum atomic E-state index is 0. The van der Waals surface area contributed by atoms with E-state index in [2.05, 4.69) is 15.6 Å². The van der Waals surface area contributed by atoms with Crippen molar-refractivity contribution in [3.8, 4) is 0 Å². The molecule has 0 spiro atoms. The monoisotopic (exact) mass is 418 g/mol. The highest BCUT2D eigenvalue weighted by Gasteiger charge is 2.39. The molecule has 1 aromatic heterocycles. The average molecular weight is 418 g/mol. The highest BCUT2D eigenvalue weighted by atomic mass is 127. The van der Waals surface area contributed by atoms with Gasteiger partial charge in [0.15, 0.2) is 5.96 Å². The summed E-state index contributed by atoms with van der Waals surface area (Å²) in [7, 11) is 1.74. The summed E-state index contributed by atoms with van der Waals surface area (Å²) in [5.74, 6) is 2.29. The zero-order valence-corrected chi connectivity index (χ0v) is 15.1. The van der Waals surface area contributed by atoms with Crippen LogP contribution in [0.1, 0.15) is 25.0 Å². The van der Waals surface area contributed by atoms with Crippen LogP contribution in [0.25, 0.3) is 0 Å². The quantitative estimate of drug-likeness (QED) is 0.433. The Morgan fingerprint density at radius 3 is 2.91 bits per heavy atom. The summed E-state index contributed by atoms with van der Waals surface area (Å²) >= 11 is 0. The first-order valence-corrected chi connectivity index (χ1v) is 7.52. The second-order valence-corrected chi connectivity index (χ2v) is 5.73. The molecule has 2 heterocycles. The van der Waals surface area contributed by atoms with Crippen LogP contribution in [0.4, 0.5) is 0 Å². The molecule has 1 atom stereocenters. The molecule has 122 valence electrons. The molecule has 2 N–H and O–H groups in total. The van der Waals surface area contributed by atoms with Crippen molar-refractivity contribution < 1.29 is 9.21 Å². The first-order valence-electron chi connectivity index (χ1n) is 7.52. The number of furan rings is 1. The van der Waals surface area contributed by atoms with Gasteiger partial charge in [-0.3, -0.25) is 9.79 Å². The maximum Gasteiger partial charge on any atom is 0.223 e. The van der Waals surface area contributed by atoms with E-state index in [4.69, 9.17) is 4.42 Å². The van der Waals surface area contributed by atoms with Crippen molar-refractivity contribution in [1.82, 2.24) is 15.5 Å². The van der Waals surface area contributed by atoms with E-state index in [9.17, 15) is 4.79 Å². The average Bonchev–Trinajstić information content (AvgIpc) is 3.06. The van der Waals surface area contributed by atoms with E-state index in [-0.39, 0.29) is 24.0 Å². The molecule has 2 aliphatic rings. The molecule has 1 unspecified atom stereocenters. The maximum absolute atomic E-state index is 11.9. The van der Waals surface area contributed by atoms with Crippen molar-refractivity contribution in [3.63, 3.8) is 0 Å². The number of guanidine groups is 1. The molecule has 7 heteroatoms. The first-order chi connectivity index (χ1) is 10.3. The van der Waals surface area contributed by atoms with Crippen molar-refractivity contribution in [1.29, 1.82) is 0 Å². The highest BCUT2D eigenvalue weighted by Crippen LogP contribution is 2.32. The second-order valence-electron chi connectivity index (χ2n) is 5.73. The number of amides is 1. The fourth-order valence-corrected chi connectivity index (χ4v) is 2.73. The Bertz CT molecular complexity index is 514. The van der Waals surface area contributed by atoms with E-state index in [0.29, 0.717) is 30.8 Å². The van der Waals surface area contributed by atoms with Crippen LogP contribution < -0.4 is 10.6 Å². The van der Waals surface area contributed by atoms with Gasteiger partial charge >= 0.3 is 0 Å². The number of halogens is 1. The van der Waals surface area contributed by atoms with E-state index in [1.165, 1.54) is 12.8 Å². The summed E-state index contributed by atoms with van der Waals surface area (Å²) in [6.45, 7) is 2.25. The molecule has 1 aliphatic heterocycles. The lowest BCUT2D eigenvalue weighted by Crippen LogP contribution is -2.40. The third kappa shape index (κ3) is 4.37. The Kier molecular flexibility index (Phi) is 6.10. The molecule has 1 aliphatic carbocycles. The third-order valence-electron chi connectivity index (χ3n) is 4.02. The highest BCUT2D eigenvalue weighted by molar-refractivity contribution is 14.0. The zero-order valence-electron chi connectivity index (χ0n) is 12.7. The predicted octanol–water partition coefficient (Wildman–Crippen LogP) is 1.57. The minimum Gasteiger partial charge on any atom is -0.467 e. The van der Waals surface area contributed by atoms with E-state index in [1.807, 2.05) is 17.0 Å². The first kappa shape index (κ1) is 17.1. The number of rotatable bonds is 5. The van der Waals surface area contributed by atoms with Crippen LogP contribution in [0, 0.1) is 5.92 Å². The van der Waals surface area contributed by atoms with Gasteiger partial charge in [-0.15, -0.1) is 24.0 Å². The topological polar surface area (TPSA) is 69.9 Å². The van der Waals surface area contributed by atoms with Crippen molar-refractivity contribution in [2.24, 2.45) is 10.9 Å². The zero-order chi connectivity index (χ0) is 14.7. The van der Waals surface area contributed by atoms with Gasteiger partial charge in [0.2, 0.25) is 5.91 Å². The molecular formula is C15H23IN4O2. The number of carbonyl (C=O) groups excluding carboxylic acids is 1. The smallest absolute Gasteiger partial charge is 0.223 e. The van der Waals surface area contributed by atoms with Gasteiger partial charge in [-0.2, -0.15) is 0 Å². The third-order valence-corrected chi connectivity index (χ3v) is 4.02. The molecule has 2 fully saturated rings. The van der Waals surface area contributed by atoms with Crippen molar-refractivity contribution in [2.45, 2.75) is 31.8 Å². The number of nitrogens with zero attached hydrogens (tertiary/aromatic N) is 2. The summed E-state index contributed by atoms with van der Waals surface area (Å²) in [5, 5.41) is 6.49. The maximum atomic E-state index is 11.9. The van der Waals surface area contributed by atoms with Crippen molar-refractivity contribution >= 4 is 35.8 Å². The summed E-state index contributed by atoms with van der Waals surface area (Å²) in [4.78, 5) is 18.1. The molecule has 3 rings (SSSR count). The van der Waals surface area contributed by atoms with Crippen LogP contribution in [-0.4, -0.2) is 42.9 Å². The number of aliphatic imine (C=N–C) groups is 1. The lowest BCUT2D eigenvalue weighted by atomic mass is 10.1. The molecule has 0 radical (unpaired) electrons. The van der Waals surface area contributed by atoms with E-state index in [1.54, 1.807) is 13.3 Å². The van der Waals surface area contributed by atoms with E-state index in [0.717, 1.165) is 24.8 Å². The van der Waals surface area contributed by atoms with Crippen molar-refractivity contribution in [3.05, 3.63) is 24.2 Å². The van der Waals surface area contributed by atoms with Crippen molar-refractivity contribution in [2.75, 3.05) is 20.1 Å². The van der Waals surface area contributed by atoms with Gasteiger partial charge in [-0.25, -0.2) is 0 Å². The fraction of sp³-hybridized carbons (Fsp3) is 0.600. The fourth-order valence-electron chi connectivity index (χ4n) is 2.73. The molecule has 22 heavy (non-hydrogen) atoms. The summed E-state index contributed by atoms with van der Waals surface area (Å²) in [6, 6.07) is 4.31. The van der Waals surface area contributed by atoms with Gasteiger partial charge < -0.3 is 20.0 Å². The number of hydrogen-bond donors (Lipinski definition) is 2. The standard InChI is InChI=1S/C15H22N4O2.HI/c1-16-15(18-9-13-3-2-6-21-13)17-8-11-7-14(20)19(10-11)12-4-5-12;/h2-3,6,11-12H,4-5,7-10H2,1H3,(H2,16,17,18);1H. The number of carbonyl (C=O) groups is 1. The lowest BCUT2D eigenvalue weighted by Gasteiger charge is -2.17. The molecular weight excluding hydrogens is 395 g/mol. The molecule has 1 aromatic rings. The van der Waals surface area contributed by atoms with Gasteiger partial charge in [-0.1, -0.05) is 0 Å². The molecule has 1 amide bonds. The Labute approximate surface area is 147 Å². The Hall–Kier alpha value is -1.25. The van der Waals surface area contributed by atoms with Gasteiger partial charge in [-0.05, 0) is 25.0 Å².